The largest absolute Gasteiger partial charge is 0.480 e. The summed E-state index contributed by atoms with van der Waals surface area (Å²) in [4.78, 5) is 24.5. The second kappa shape index (κ2) is 6.79. The minimum atomic E-state index is -4.78. The molecule has 0 aromatic carbocycles. The van der Waals surface area contributed by atoms with Gasteiger partial charge in [-0.15, -0.1) is 9.38 Å². The molecule has 26 heavy (non-hydrogen) atoms. The van der Waals surface area contributed by atoms with Crippen molar-refractivity contribution in [2.24, 2.45) is 5.73 Å². The first-order valence-corrected chi connectivity index (χ1v) is 9.15. The van der Waals surface area contributed by atoms with Crippen LogP contribution < -0.4 is 5.73 Å². The third-order valence-corrected chi connectivity index (χ3v) is 4.70. The van der Waals surface area contributed by atoms with E-state index in [-0.39, 0.29) is 19.0 Å². The van der Waals surface area contributed by atoms with E-state index in [0.717, 1.165) is 0 Å². The van der Waals surface area contributed by atoms with Crippen molar-refractivity contribution >= 4 is 22.4 Å². The number of carbonyl (C=O) groups is 2. The van der Waals surface area contributed by atoms with Gasteiger partial charge in [-0.2, -0.15) is 13.5 Å². The van der Waals surface area contributed by atoms with E-state index in [9.17, 15) is 18.0 Å². The van der Waals surface area contributed by atoms with E-state index in [0.29, 0.717) is 30.1 Å². The third kappa shape index (κ3) is 3.92. The molecule has 3 rings (SSSR count). The first-order chi connectivity index (χ1) is 12.1. The number of carboxylic acids is 1. The second-order valence-corrected chi connectivity index (χ2v) is 7.23. The van der Waals surface area contributed by atoms with Crippen LogP contribution >= 0.6 is 0 Å². The van der Waals surface area contributed by atoms with E-state index in [4.69, 9.17) is 15.4 Å². The number of piperidine rings is 1. The van der Waals surface area contributed by atoms with Gasteiger partial charge in [0.15, 0.2) is 0 Å². The molecule has 0 spiro atoms. The van der Waals surface area contributed by atoms with Gasteiger partial charge in [-0.1, -0.05) is 5.21 Å². The Morgan fingerprint density at radius 1 is 1.46 bits per heavy atom. The Morgan fingerprint density at radius 2 is 2.19 bits per heavy atom. The number of hydrogen-bond acceptors (Lipinski definition) is 8. The summed E-state index contributed by atoms with van der Waals surface area (Å²) in [6, 6.07) is -2.46. The van der Waals surface area contributed by atoms with Crippen LogP contribution in [0.3, 0.4) is 0 Å². The van der Waals surface area contributed by atoms with Crippen LogP contribution in [0.5, 0.6) is 0 Å². The maximum Gasteiger partial charge on any atom is 0.418 e. The van der Waals surface area contributed by atoms with Crippen LogP contribution in [-0.2, 0) is 32.4 Å². The van der Waals surface area contributed by atoms with Crippen molar-refractivity contribution in [3.8, 4) is 0 Å². The van der Waals surface area contributed by atoms with Crippen molar-refractivity contribution in [2.75, 3.05) is 6.54 Å². The highest BCUT2D eigenvalue weighted by atomic mass is 32.3. The first kappa shape index (κ1) is 18.5. The van der Waals surface area contributed by atoms with Crippen LogP contribution in [0.2, 0.25) is 0 Å². The third-order valence-electron chi connectivity index (χ3n) is 4.35. The predicted octanol–water partition coefficient (Wildman–Crippen LogP) is -1.76. The number of amides is 2. The molecule has 2 bridgehead atoms. The molecule has 14 heteroatoms. The quantitative estimate of drug-likeness (QED) is 0.451. The van der Waals surface area contributed by atoms with Crippen molar-refractivity contribution < 1.29 is 31.9 Å². The van der Waals surface area contributed by atoms with Gasteiger partial charge >= 0.3 is 22.4 Å². The van der Waals surface area contributed by atoms with Crippen LogP contribution in [0.25, 0.3) is 0 Å². The molecule has 13 nitrogen and oxygen atoms in total. The van der Waals surface area contributed by atoms with Gasteiger partial charge in [-0.3, -0.25) is 14.0 Å². The summed E-state index contributed by atoms with van der Waals surface area (Å²) < 4.78 is 36.4. The molecule has 3 atom stereocenters. The molecular formula is C12H18N6O7S. The number of nitrogens with zero attached hydrogens (tertiary/aromatic N) is 5. The standard InChI is InChI=1S/C12H18N6O7S/c13-10(11(19)20)3-7-4-16(15-14-7)5-8-1-2-9-6-17(8)12(21)18(9)25-26(22,23)24/h4,8-10H,1-3,5-6,13H2,(H,19,20)(H,22,23,24). The smallest absolute Gasteiger partial charge is 0.418 e. The summed E-state index contributed by atoms with van der Waals surface area (Å²) in [6.07, 6.45) is 2.65. The Bertz CT molecular complexity index is 811. The Hall–Kier alpha value is -2.29. The SMILES string of the molecule is NC(Cc1cn(CC2CCC3CN2C(=O)N3OS(=O)(=O)O)nn1)C(=O)O. The number of carboxylic acid groups (broad SMARTS) is 1. The van der Waals surface area contributed by atoms with Gasteiger partial charge in [-0.05, 0) is 12.8 Å². The zero-order valence-electron chi connectivity index (χ0n) is 13.5. The molecular weight excluding hydrogens is 372 g/mol. The van der Waals surface area contributed by atoms with Gasteiger partial charge in [0.05, 0.1) is 24.3 Å². The molecule has 1 aromatic heterocycles. The number of hydroxylamine groups is 2. The van der Waals surface area contributed by atoms with Crippen LogP contribution in [0, 0.1) is 0 Å². The molecule has 0 saturated carbocycles. The predicted molar refractivity (Wildman–Crippen MR) is 82.7 cm³/mol. The van der Waals surface area contributed by atoms with Crippen molar-refractivity contribution in [1.29, 1.82) is 0 Å². The number of carbonyl (C=O) groups excluding carboxylic acids is 1. The van der Waals surface area contributed by atoms with Crippen LogP contribution in [-0.4, -0.2) is 79.7 Å². The fourth-order valence-corrected chi connectivity index (χ4v) is 3.54. The van der Waals surface area contributed by atoms with Gasteiger partial charge in [0.1, 0.15) is 6.04 Å². The molecule has 144 valence electrons. The topological polar surface area (TPSA) is 181 Å². The summed E-state index contributed by atoms with van der Waals surface area (Å²) in [6.45, 7) is 0.567. The molecule has 0 aliphatic carbocycles. The zero-order chi connectivity index (χ0) is 19.1. The van der Waals surface area contributed by atoms with Crippen molar-refractivity contribution in [2.45, 2.75) is 43.9 Å². The number of fused-ring (bicyclic) bond motifs is 2. The Balaban J connectivity index is 1.64. The fourth-order valence-electron chi connectivity index (χ4n) is 3.15. The molecule has 2 saturated heterocycles. The van der Waals surface area contributed by atoms with E-state index in [1.165, 1.54) is 9.58 Å². The number of aliphatic carboxylic acids is 1. The lowest BCUT2D eigenvalue weighted by Gasteiger charge is -2.30. The number of nitrogens with two attached hydrogens (primary N) is 1. The molecule has 1 aromatic rings. The minimum absolute atomic E-state index is 0.0285. The van der Waals surface area contributed by atoms with E-state index in [2.05, 4.69) is 14.6 Å². The maximum absolute atomic E-state index is 12.3. The van der Waals surface area contributed by atoms with Crippen molar-refractivity contribution in [3.63, 3.8) is 0 Å². The molecule has 2 aliphatic heterocycles. The normalized spacial score (nSPS) is 24.2. The molecule has 3 heterocycles. The molecule has 2 fully saturated rings. The highest BCUT2D eigenvalue weighted by molar-refractivity contribution is 7.80. The average Bonchev–Trinajstić information content (AvgIpc) is 3.07. The Kier molecular flexibility index (Phi) is 4.83. The Labute approximate surface area is 148 Å². The van der Waals surface area contributed by atoms with Crippen LogP contribution in [0.1, 0.15) is 18.5 Å². The average molecular weight is 390 g/mol. The van der Waals surface area contributed by atoms with Crippen LogP contribution in [0.4, 0.5) is 4.79 Å². The van der Waals surface area contributed by atoms with E-state index in [1.54, 1.807) is 6.20 Å². The van der Waals surface area contributed by atoms with E-state index in [1.807, 2.05) is 0 Å². The number of aromatic nitrogens is 3. The Morgan fingerprint density at radius 3 is 2.85 bits per heavy atom. The van der Waals surface area contributed by atoms with Gasteiger partial charge < -0.3 is 15.7 Å². The summed E-state index contributed by atoms with van der Waals surface area (Å²) in [5.74, 6) is -1.14. The molecule has 4 N–H and O–H groups in total. The second-order valence-electron chi connectivity index (χ2n) is 6.23. The summed E-state index contributed by atoms with van der Waals surface area (Å²) in [7, 11) is -4.78. The highest BCUT2D eigenvalue weighted by Crippen LogP contribution is 2.31. The van der Waals surface area contributed by atoms with Gasteiger partial charge in [0.2, 0.25) is 0 Å². The highest BCUT2D eigenvalue weighted by Gasteiger charge is 2.47. The van der Waals surface area contributed by atoms with Gasteiger partial charge in [0, 0.05) is 19.2 Å². The number of rotatable bonds is 7. The van der Waals surface area contributed by atoms with Gasteiger partial charge in [-0.25, -0.2) is 4.79 Å². The lowest BCUT2D eigenvalue weighted by atomic mass is 10.0. The summed E-state index contributed by atoms with van der Waals surface area (Å²) >= 11 is 0. The molecule has 2 amide bonds. The van der Waals surface area contributed by atoms with E-state index < -0.39 is 34.5 Å². The lowest BCUT2D eigenvalue weighted by molar-refractivity contribution is -0.138. The van der Waals surface area contributed by atoms with Crippen LogP contribution in [0.15, 0.2) is 6.20 Å². The van der Waals surface area contributed by atoms with Gasteiger partial charge in [0.25, 0.3) is 0 Å². The molecule has 3 unspecified atom stereocenters. The van der Waals surface area contributed by atoms with Crippen molar-refractivity contribution in [1.82, 2.24) is 25.0 Å². The summed E-state index contributed by atoms with van der Waals surface area (Å²) in [5.41, 5.74) is 5.87. The monoisotopic (exact) mass is 390 g/mol. The molecule has 2 aliphatic rings. The summed E-state index contributed by atoms with van der Waals surface area (Å²) in [5, 5.41) is 17.3. The van der Waals surface area contributed by atoms with E-state index >= 15 is 0 Å². The van der Waals surface area contributed by atoms with Crippen molar-refractivity contribution in [3.05, 3.63) is 11.9 Å². The zero-order valence-corrected chi connectivity index (χ0v) is 14.3. The number of hydrogen-bond donors (Lipinski definition) is 3. The minimum Gasteiger partial charge on any atom is -0.480 e. The number of urea groups is 1. The lowest BCUT2D eigenvalue weighted by Crippen LogP contribution is -2.42. The molecule has 0 radical (unpaired) electrons. The maximum atomic E-state index is 12.3. The first-order valence-electron chi connectivity index (χ1n) is 7.78. The fraction of sp³-hybridized carbons (Fsp3) is 0.667.